The molecule has 2 rings (SSSR count). The van der Waals surface area contributed by atoms with E-state index in [1.807, 2.05) is 13.0 Å². The zero-order chi connectivity index (χ0) is 14.5. The number of para-hydroxylation sites is 1. The number of aliphatic hydroxyl groups is 1. The molecule has 106 valence electrons. The number of rotatable bonds is 6. The number of carbonyl (C=O) groups is 1. The molecule has 0 aliphatic carbocycles. The normalized spacial score (nSPS) is 12.3. The van der Waals surface area contributed by atoms with E-state index in [0.29, 0.717) is 36.1 Å². The SMILES string of the molecule is CCC(O)CCNc1cc(C(=O)O)c2ccccc2n1. The van der Waals surface area contributed by atoms with Crippen molar-refractivity contribution in [1.82, 2.24) is 4.98 Å². The predicted octanol–water partition coefficient (Wildman–Crippen LogP) is 2.51. The Balaban J connectivity index is 2.24. The topological polar surface area (TPSA) is 82.5 Å². The monoisotopic (exact) mass is 274 g/mol. The van der Waals surface area contributed by atoms with Crippen LogP contribution in [0, 0.1) is 0 Å². The number of fused-ring (bicyclic) bond motifs is 1. The van der Waals surface area contributed by atoms with Crippen LogP contribution in [0.4, 0.5) is 5.82 Å². The molecule has 1 atom stereocenters. The van der Waals surface area contributed by atoms with Crippen molar-refractivity contribution in [3.05, 3.63) is 35.9 Å². The maximum absolute atomic E-state index is 11.3. The van der Waals surface area contributed by atoms with E-state index in [1.165, 1.54) is 6.07 Å². The van der Waals surface area contributed by atoms with Gasteiger partial charge in [-0.05, 0) is 25.0 Å². The zero-order valence-electron chi connectivity index (χ0n) is 11.3. The first-order valence-corrected chi connectivity index (χ1v) is 6.67. The smallest absolute Gasteiger partial charge is 0.336 e. The number of benzene rings is 1. The number of anilines is 1. The fourth-order valence-electron chi connectivity index (χ4n) is 2.01. The van der Waals surface area contributed by atoms with E-state index in [1.54, 1.807) is 18.2 Å². The van der Waals surface area contributed by atoms with Crippen LogP contribution in [0.15, 0.2) is 30.3 Å². The number of carboxylic acid groups (broad SMARTS) is 1. The Bertz CT molecular complexity index is 613. The van der Waals surface area contributed by atoms with Crippen LogP contribution in [-0.2, 0) is 0 Å². The van der Waals surface area contributed by atoms with Crippen LogP contribution in [0.3, 0.4) is 0 Å². The Morgan fingerprint density at radius 3 is 2.85 bits per heavy atom. The van der Waals surface area contributed by atoms with Gasteiger partial charge in [0.2, 0.25) is 0 Å². The summed E-state index contributed by atoms with van der Waals surface area (Å²) in [6.07, 6.45) is 0.961. The lowest BCUT2D eigenvalue weighted by Gasteiger charge is -2.11. The summed E-state index contributed by atoms with van der Waals surface area (Å²) in [4.78, 5) is 15.7. The number of carboxylic acids is 1. The summed E-state index contributed by atoms with van der Waals surface area (Å²) in [6.45, 7) is 2.47. The molecule has 0 bridgehead atoms. The lowest BCUT2D eigenvalue weighted by molar-refractivity contribution is 0.0699. The van der Waals surface area contributed by atoms with Gasteiger partial charge in [-0.25, -0.2) is 9.78 Å². The Labute approximate surface area is 117 Å². The summed E-state index contributed by atoms with van der Waals surface area (Å²) in [6, 6.07) is 8.68. The van der Waals surface area contributed by atoms with E-state index in [0.717, 1.165) is 0 Å². The molecule has 1 heterocycles. The van der Waals surface area contributed by atoms with Crippen molar-refractivity contribution >= 4 is 22.7 Å². The van der Waals surface area contributed by atoms with E-state index in [-0.39, 0.29) is 11.7 Å². The Morgan fingerprint density at radius 1 is 1.40 bits per heavy atom. The van der Waals surface area contributed by atoms with Crippen LogP contribution in [-0.4, -0.2) is 33.8 Å². The van der Waals surface area contributed by atoms with Crippen LogP contribution in [0.2, 0.25) is 0 Å². The van der Waals surface area contributed by atoms with Crippen LogP contribution in [0.1, 0.15) is 30.1 Å². The largest absolute Gasteiger partial charge is 0.478 e. The molecule has 1 aromatic heterocycles. The summed E-state index contributed by atoms with van der Waals surface area (Å²) in [7, 11) is 0. The van der Waals surface area contributed by atoms with Crippen molar-refractivity contribution in [2.24, 2.45) is 0 Å². The lowest BCUT2D eigenvalue weighted by atomic mass is 10.1. The summed E-state index contributed by atoms with van der Waals surface area (Å²) >= 11 is 0. The third-order valence-corrected chi connectivity index (χ3v) is 3.20. The van der Waals surface area contributed by atoms with E-state index in [4.69, 9.17) is 0 Å². The Kier molecular flexibility index (Phi) is 4.53. The second-order valence-electron chi connectivity index (χ2n) is 4.65. The van der Waals surface area contributed by atoms with Gasteiger partial charge in [-0.2, -0.15) is 0 Å². The standard InChI is InChI=1S/C15H18N2O3/c1-2-10(18)7-8-16-14-9-12(15(19)20)11-5-3-4-6-13(11)17-14/h3-6,9-10,18H,2,7-8H2,1H3,(H,16,17)(H,19,20). The molecular formula is C15H18N2O3. The maximum Gasteiger partial charge on any atom is 0.336 e. The van der Waals surface area contributed by atoms with Gasteiger partial charge in [-0.15, -0.1) is 0 Å². The van der Waals surface area contributed by atoms with E-state index in [2.05, 4.69) is 10.3 Å². The minimum atomic E-state index is -0.972. The lowest BCUT2D eigenvalue weighted by Crippen LogP contribution is -2.13. The number of aromatic carboxylic acids is 1. The molecule has 0 radical (unpaired) electrons. The first kappa shape index (κ1) is 14.3. The molecule has 0 saturated heterocycles. The number of nitrogens with one attached hydrogen (secondary N) is 1. The van der Waals surface area contributed by atoms with Crippen molar-refractivity contribution in [3.8, 4) is 0 Å². The average molecular weight is 274 g/mol. The first-order chi connectivity index (χ1) is 9.61. The Hall–Kier alpha value is -2.14. The number of aromatic nitrogens is 1. The Morgan fingerprint density at radius 2 is 2.15 bits per heavy atom. The zero-order valence-corrected chi connectivity index (χ0v) is 11.3. The minimum absolute atomic E-state index is 0.231. The molecule has 0 saturated carbocycles. The number of hydrogen-bond donors (Lipinski definition) is 3. The summed E-state index contributed by atoms with van der Waals surface area (Å²) in [5.41, 5.74) is 0.875. The third kappa shape index (κ3) is 3.24. The molecule has 0 aliphatic heterocycles. The summed E-state index contributed by atoms with van der Waals surface area (Å²) in [5, 5.41) is 22.4. The van der Waals surface area contributed by atoms with Gasteiger partial charge in [0.15, 0.2) is 0 Å². The molecule has 0 spiro atoms. The molecule has 3 N–H and O–H groups in total. The maximum atomic E-state index is 11.3. The van der Waals surface area contributed by atoms with E-state index in [9.17, 15) is 15.0 Å². The molecule has 1 unspecified atom stereocenters. The molecular weight excluding hydrogens is 256 g/mol. The van der Waals surface area contributed by atoms with Gasteiger partial charge in [-0.1, -0.05) is 25.1 Å². The molecule has 5 heteroatoms. The van der Waals surface area contributed by atoms with Gasteiger partial charge in [0, 0.05) is 11.9 Å². The predicted molar refractivity (Wildman–Crippen MR) is 78.1 cm³/mol. The van der Waals surface area contributed by atoms with Crippen molar-refractivity contribution in [1.29, 1.82) is 0 Å². The van der Waals surface area contributed by atoms with Gasteiger partial charge in [0.1, 0.15) is 5.82 Å². The van der Waals surface area contributed by atoms with Gasteiger partial charge < -0.3 is 15.5 Å². The van der Waals surface area contributed by atoms with Crippen molar-refractivity contribution in [2.75, 3.05) is 11.9 Å². The molecule has 0 aliphatic rings. The van der Waals surface area contributed by atoms with E-state index < -0.39 is 5.97 Å². The van der Waals surface area contributed by atoms with Gasteiger partial charge in [0.25, 0.3) is 0 Å². The third-order valence-electron chi connectivity index (χ3n) is 3.20. The van der Waals surface area contributed by atoms with Crippen LogP contribution < -0.4 is 5.32 Å². The molecule has 0 amide bonds. The average Bonchev–Trinajstić information content (AvgIpc) is 2.46. The van der Waals surface area contributed by atoms with Gasteiger partial charge in [0.05, 0.1) is 17.2 Å². The fourth-order valence-corrected chi connectivity index (χ4v) is 2.01. The number of hydrogen-bond acceptors (Lipinski definition) is 4. The van der Waals surface area contributed by atoms with Gasteiger partial charge in [-0.3, -0.25) is 0 Å². The van der Waals surface area contributed by atoms with Gasteiger partial charge >= 0.3 is 5.97 Å². The summed E-state index contributed by atoms with van der Waals surface area (Å²) in [5.74, 6) is -0.454. The number of nitrogens with zero attached hydrogens (tertiary/aromatic N) is 1. The number of pyridine rings is 1. The highest BCUT2D eigenvalue weighted by Crippen LogP contribution is 2.20. The van der Waals surface area contributed by atoms with Crippen molar-refractivity contribution in [3.63, 3.8) is 0 Å². The highest BCUT2D eigenvalue weighted by atomic mass is 16.4. The molecule has 5 nitrogen and oxygen atoms in total. The summed E-state index contributed by atoms with van der Waals surface area (Å²) < 4.78 is 0. The second-order valence-corrected chi connectivity index (χ2v) is 4.65. The quantitative estimate of drug-likeness (QED) is 0.754. The van der Waals surface area contributed by atoms with E-state index >= 15 is 0 Å². The first-order valence-electron chi connectivity index (χ1n) is 6.67. The fraction of sp³-hybridized carbons (Fsp3) is 0.333. The van der Waals surface area contributed by atoms with Crippen molar-refractivity contribution in [2.45, 2.75) is 25.9 Å². The molecule has 0 fully saturated rings. The van der Waals surface area contributed by atoms with Crippen LogP contribution in [0.5, 0.6) is 0 Å². The second kappa shape index (κ2) is 6.34. The molecule has 1 aromatic carbocycles. The highest BCUT2D eigenvalue weighted by molar-refractivity contribution is 6.03. The molecule has 20 heavy (non-hydrogen) atoms. The number of aliphatic hydroxyl groups excluding tert-OH is 1. The minimum Gasteiger partial charge on any atom is -0.478 e. The van der Waals surface area contributed by atoms with Crippen LogP contribution in [0.25, 0.3) is 10.9 Å². The van der Waals surface area contributed by atoms with Crippen molar-refractivity contribution < 1.29 is 15.0 Å². The highest BCUT2D eigenvalue weighted by Gasteiger charge is 2.11. The molecule has 2 aromatic rings. The van der Waals surface area contributed by atoms with Crippen LogP contribution >= 0.6 is 0 Å².